The van der Waals surface area contributed by atoms with Crippen molar-refractivity contribution in [3.05, 3.63) is 48.0 Å². The fourth-order valence-corrected chi connectivity index (χ4v) is 4.38. The first-order chi connectivity index (χ1) is 14.1. The molecule has 0 aromatic heterocycles. The molecule has 0 saturated heterocycles. The number of benzene rings is 2. The molecule has 160 valence electrons. The van der Waals surface area contributed by atoms with Crippen molar-refractivity contribution in [3.8, 4) is 5.75 Å². The van der Waals surface area contributed by atoms with Crippen molar-refractivity contribution in [2.24, 2.45) is 0 Å². The average molecular weight is 432 g/mol. The summed E-state index contributed by atoms with van der Waals surface area (Å²) in [6, 6.07) is 11.3. The van der Waals surface area contributed by atoms with Crippen molar-refractivity contribution in [3.63, 3.8) is 0 Å². The molecule has 0 unspecified atom stereocenters. The molecule has 2 amide bonds. The summed E-state index contributed by atoms with van der Waals surface area (Å²) in [6.45, 7) is 5.50. The fraction of sp³-hybridized carbons (Fsp3) is 0.333. The van der Waals surface area contributed by atoms with Gasteiger partial charge in [-0.1, -0.05) is 0 Å². The number of carbonyl (C=O) groups excluding carboxylic acids is 2. The van der Waals surface area contributed by atoms with Crippen LogP contribution in [0, 0.1) is 0 Å². The summed E-state index contributed by atoms with van der Waals surface area (Å²) < 4.78 is 33.0. The second-order valence-corrected chi connectivity index (χ2v) is 9.27. The monoisotopic (exact) mass is 431 g/mol. The molecule has 0 aliphatic carbocycles. The van der Waals surface area contributed by atoms with E-state index in [4.69, 9.17) is 4.74 Å². The number of hydrogen-bond acceptors (Lipinski definition) is 5. The number of carbonyl (C=O) groups is 2. The summed E-state index contributed by atoms with van der Waals surface area (Å²) in [5.74, 6) is 0.0775. The van der Waals surface area contributed by atoms with Crippen LogP contribution in [0.25, 0.3) is 0 Å². The zero-order valence-electron chi connectivity index (χ0n) is 17.4. The van der Waals surface area contributed by atoms with Crippen LogP contribution in [0.3, 0.4) is 0 Å². The maximum atomic E-state index is 12.7. The molecule has 1 aliphatic rings. The van der Waals surface area contributed by atoms with E-state index >= 15 is 0 Å². The number of likely N-dealkylation sites (N-methyl/N-ethyl adjacent to an activating group) is 1. The lowest BCUT2D eigenvalue weighted by atomic mass is 9.86. The van der Waals surface area contributed by atoms with E-state index in [0.717, 1.165) is 0 Å². The normalized spacial score (nSPS) is 15.1. The zero-order valence-corrected chi connectivity index (χ0v) is 18.2. The number of anilines is 2. The second-order valence-electron chi connectivity index (χ2n) is 7.50. The maximum absolute atomic E-state index is 12.7. The Hall–Kier alpha value is -2.91. The van der Waals surface area contributed by atoms with Crippen LogP contribution in [0.4, 0.5) is 11.4 Å². The Kier molecular flexibility index (Phi) is 5.87. The summed E-state index contributed by atoms with van der Waals surface area (Å²) in [5.41, 5.74) is 1.03. The SMILES string of the molecule is CCOc1ccc(NC(=O)CNS(=O)(=O)c2ccc3c(c2)C(C)(C)C(=O)N3C)cc1. The van der Waals surface area contributed by atoms with Crippen LogP contribution in [0.1, 0.15) is 26.3 Å². The Morgan fingerprint density at radius 3 is 2.43 bits per heavy atom. The van der Waals surface area contributed by atoms with Gasteiger partial charge in [-0.05, 0) is 68.8 Å². The van der Waals surface area contributed by atoms with Gasteiger partial charge in [-0.15, -0.1) is 0 Å². The highest BCUT2D eigenvalue weighted by molar-refractivity contribution is 7.89. The van der Waals surface area contributed by atoms with Gasteiger partial charge in [-0.2, -0.15) is 0 Å². The van der Waals surface area contributed by atoms with Gasteiger partial charge in [-0.25, -0.2) is 13.1 Å². The van der Waals surface area contributed by atoms with Crippen LogP contribution in [0.2, 0.25) is 0 Å². The molecular weight excluding hydrogens is 406 g/mol. The zero-order chi connectivity index (χ0) is 22.1. The number of amides is 2. The highest BCUT2D eigenvalue weighted by Gasteiger charge is 2.42. The minimum absolute atomic E-state index is 0.00583. The molecule has 2 aromatic carbocycles. The van der Waals surface area contributed by atoms with Gasteiger partial charge in [0.2, 0.25) is 21.8 Å². The van der Waals surface area contributed by atoms with E-state index in [1.165, 1.54) is 17.0 Å². The fourth-order valence-electron chi connectivity index (χ4n) is 3.37. The van der Waals surface area contributed by atoms with Gasteiger partial charge in [0.25, 0.3) is 0 Å². The molecule has 2 aromatic rings. The van der Waals surface area contributed by atoms with E-state index in [1.54, 1.807) is 51.2 Å². The Labute approximate surface area is 176 Å². The van der Waals surface area contributed by atoms with E-state index in [-0.39, 0.29) is 10.8 Å². The van der Waals surface area contributed by atoms with Crippen LogP contribution < -0.4 is 19.7 Å². The van der Waals surface area contributed by atoms with Crippen LogP contribution in [-0.4, -0.2) is 40.4 Å². The van der Waals surface area contributed by atoms with Gasteiger partial charge in [0.1, 0.15) is 5.75 Å². The Morgan fingerprint density at radius 2 is 1.80 bits per heavy atom. The predicted molar refractivity (Wildman–Crippen MR) is 114 cm³/mol. The highest BCUT2D eigenvalue weighted by atomic mass is 32.2. The lowest BCUT2D eigenvalue weighted by Crippen LogP contribution is -2.33. The number of nitrogens with one attached hydrogen (secondary N) is 2. The van der Waals surface area contributed by atoms with E-state index < -0.39 is 27.9 Å². The highest BCUT2D eigenvalue weighted by Crippen LogP contribution is 2.41. The Balaban J connectivity index is 1.68. The smallest absolute Gasteiger partial charge is 0.241 e. The van der Waals surface area contributed by atoms with Crippen LogP contribution in [0.15, 0.2) is 47.4 Å². The predicted octanol–water partition coefficient (Wildman–Crippen LogP) is 2.26. The molecule has 0 spiro atoms. The average Bonchev–Trinajstić information content (AvgIpc) is 2.88. The first-order valence-electron chi connectivity index (χ1n) is 9.51. The van der Waals surface area contributed by atoms with Crippen LogP contribution in [0.5, 0.6) is 5.75 Å². The molecule has 2 N–H and O–H groups in total. The number of sulfonamides is 1. The summed E-state index contributed by atoms with van der Waals surface area (Å²) in [6.07, 6.45) is 0. The molecule has 1 heterocycles. The Morgan fingerprint density at radius 1 is 1.13 bits per heavy atom. The van der Waals surface area contributed by atoms with Gasteiger partial charge < -0.3 is 15.0 Å². The van der Waals surface area contributed by atoms with Crippen molar-refractivity contribution < 1.29 is 22.7 Å². The van der Waals surface area contributed by atoms with Gasteiger partial charge >= 0.3 is 0 Å². The largest absolute Gasteiger partial charge is 0.494 e. The van der Waals surface area contributed by atoms with Crippen molar-refractivity contribution in [2.75, 3.05) is 30.4 Å². The summed E-state index contributed by atoms with van der Waals surface area (Å²) in [7, 11) is -2.27. The van der Waals surface area contributed by atoms with E-state index in [0.29, 0.717) is 29.3 Å². The molecule has 30 heavy (non-hydrogen) atoms. The molecule has 0 radical (unpaired) electrons. The lowest BCUT2D eigenvalue weighted by Gasteiger charge is -2.16. The first-order valence-corrected chi connectivity index (χ1v) is 11.0. The minimum atomic E-state index is -3.93. The summed E-state index contributed by atoms with van der Waals surface area (Å²) >= 11 is 0. The van der Waals surface area contributed by atoms with E-state index in [2.05, 4.69) is 10.0 Å². The van der Waals surface area contributed by atoms with Gasteiger partial charge in [0.05, 0.1) is 23.5 Å². The number of hydrogen-bond donors (Lipinski definition) is 2. The third kappa shape index (κ3) is 4.17. The maximum Gasteiger partial charge on any atom is 0.241 e. The van der Waals surface area contributed by atoms with Gasteiger partial charge in [0.15, 0.2) is 0 Å². The van der Waals surface area contributed by atoms with Crippen LogP contribution in [-0.2, 0) is 25.0 Å². The quantitative estimate of drug-likeness (QED) is 0.700. The molecule has 3 rings (SSSR count). The molecule has 0 fully saturated rings. The topological polar surface area (TPSA) is 105 Å². The molecular formula is C21H25N3O5S. The van der Waals surface area contributed by atoms with Crippen molar-refractivity contribution >= 4 is 33.2 Å². The molecule has 9 heteroatoms. The van der Waals surface area contributed by atoms with Gasteiger partial charge in [0, 0.05) is 18.4 Å². The number of rotatable bonds is 7. The molecule has 0 atom stereocenters. The summed E-state index contributed by atoms with van der Waals surface area (Å²) in [5, 5.41) is 2.63. The minimum Gasteiger partial charge on any atom is -0.494 e. The first kappa shape index (κ1) is 21.8. The van der Waals surface area contributed by atoms with Gasteiger partial charge in [-0.3, -0.25) is 9.59 Å². The second kappa shape index (κ2) is 8.08. The molecule has 8 nitrogen and oxygen atoms in total. The third-order valence-electron chi connectivity index (χ3n) is 5.02. The number of fused-ring (bicyclic) bond motifs is 1. The van der Waals surface area contributed by atoms with E-state index in [1.807, 2.05) is 6.92 Å². The van der Waals surface area contributed by atoms with Crippen molar-refractivity contribution in [1.82, 2.24) is 4.72 Å². The van der Waals surface area contributed by atoms with Crippen LogP contribution >= 0.6 is 0 Å². The standard InChI is InChI=1S/C21H25N3O5S/c1-5-29-15-8-6-14(7-9-15)23-19(25)13-22-30(27,28)16-10-11-18-17(12-16)21(2,3)20(26)24(18)4/h6-12,22H,5,13H2,1-4H3,(H,23,25). The molecule has 0 saturated carbocycles. The third-order valence-corrected chi connectivity index (χ3v) is 6.42. The Bertz CT molecular complexity index is 1080. The van der Waals surface area contributed by atoms with Crippen molar-refractivity contribution in [1.29, 1.82) is 0 Å². The van der Waals surface area contributed by atoms with Crippen molar-refractivity contribution in [2.45, 2.75) is 31.1 Å². The number of ether oxygens (including phenoxy) is 1. The lowest BCUT2D eigenvalue weighted by molar-refractivity contribution is -0.121. The number of nitrogens with zero attached hydrogens (tertiary/aromatic N) is 1. The molecule has 0 bridgehead atoms. The summed E-state index contributed by atoms with van der Waals surface area (Å²) in [4.78, 5) is 26.1. The van der Waals surface area contributed by atoms with E-state index in [9.17, 15) is 18.0 Å². The molecule has 1 aliphatic heterocycles.